The molecular formula is C20H31NO2S. The van der Waals surface area contributed by atoms with Crippen molar-refractivity contribution in [3.63, 3.8) is 0 Å². The summed E-state index contributed by atoms with van der Waals surface area (Å²) in [5, 5.41) is 0. The number of benzene rings is 1. The van der Waals surface area contributed by atoms with Crippen molar-refractivity contribution < 1.29 is 8.42 Å². The highest BCUT2D eigenvalue weighted by Gasteiger charge is 2.35. The smallest absolute Gasteiger partial charge is 0.183 e. The molecule has 1 aromatic carbocycles. The molecule has 0 aromatic heterocycles. The fourth-order valence-electron chi connectivity index (χ4n) is 3.37. The van der Waals surface area contributed by atoms with E-state index in [1.807, 2.05) is 19.9 Å². The Kier molecular flexibility index (Phi) is 6.27. The molecule has 0 aliphatic carbocycles. The van der Waals surface area contributed by atoms with E-state index in [9.17, 15) is 8.42 Å². The Morgan fingerprint density at radius 1 is 1.17 bits per heavy atom. The molecule has 0 saturated heterocycles. The van der Waals surface area contributed by atoms with Gasteiger partial charge >= 0.3 is 0 Å². The monoisotopic (exact) mass is 349 g/mol. The summed E-state index contributed by atoms with van der Waals surface area (Å²) in [5.41, 5.74) is 3.10. The van der Waals surface area contributed by atoms with Crippen LogP contribution in [0.3, 0.4) is 0 Å². The molecule has 0 N–H and O–H groups in total. The topological polar surface area (TPSA) is 37.4 Å². The molecule has 4 heteroatoms. The number of sulfone groups is 1. The number of hydrogen-bond acceptors (Lipinski definition) is 3. The van der Waals surface area contributed by atoms with Gasteiger partial charge in [-0.1, -0.05) is 36.3 Å². The van der Waals surface area contributed by atoms with E-state index in [0.29, 0.717) is 11.3 Å². The summed E-state index contributed by atoms with van der Waals surface area (Å²) in [6, 6.07) is 8.82. The van der Waals surface area contributed by atoms with Crippen molar-refractivity contribution in [1.82, 2.24) is 4.90 Å². The summed E-state index contributed by atoms with van der Waals surface area (Å²) in [7, 11) is -3.29. The molecule has 0 spiro atoms. The third kappa shape index (κ3) is 4.28. The van der Waals surface area contributed by atoms with E-state index in [1.165, 1.54) is 0 Å². The van der Waals surface area contributed by atoms with Crippen LogP contribution in [-0.2, 0) is 9.84 Å². The van der Waals surface area contributed by atoms with Gasteiger partial charge in [0.25, 0.3) is 0 Å². The average molecular weight is 350 g/mol. The van der Waals surface area contributed by atoms with E-state index in [-0.39, 0.29) is 0 Å². The Balaban J connectivity index is 1.94. The van der Waals surface area contributed by atoms with E-state index < -0.39 is 14.6 Å². The van der Waals surface area contributed by atoms with Crippen LogP contribution in [-0.4, -0.2) is 37.7 Å². The molecule has 1 aliphatic heterocycles. The van der Waals surface area contributed by atoms with Crippen molar-refractivity contribution in [1.29, 1.82) is 0 Å². The minimum atomic E-state index is -3.29. The van der Waals surface area contributed by atoms with Crippen LogP contribution in [0.1, 0.15) is 53.4 Å². The lowest BCUT2D eigenvalue weighted by atomic mass is 9.99. The molecule has 1 heterocycles. The van der Waals surface area contributed by atoms with Crippen LogP contribution in [0.25, 0.3) is 0 Å². The van der Waals surface area contributed by atoms with E-state index in [4.69, 9.17) is 0 Å². The van der Waals surface area contributed by atoms with Gasteiger partial charge in [0.2, 0.25) is 0 Å². The summed E-state index contributed by atoms with van der Waals surface area (Å²) in [5.74, 6) is 0. The van der Waals surface area contributed by atoms with Crippen LogP contribution < -0.4 is 0 Å². The van der Waals surface area contributed by atoms with Crippen molar-refractivity contribution in [2.45, 2.75) is 63.0 Å². The molecule has 134 valence electrons. The van der Waals surface area contributed by atoms with Crippen LogP contribution >= 0.6 is 0 Å². The fraction of sp³-hybridized carbons (Fsp3) is 0.600. The van der Waals surface area contributed by atoms with Crippen molar-refractivity contribution in [2.75, 3.05) is 19.6 Å². The lowest BCUT2D eigenvalue weighted by Crippen LogP contribution is -2.35. The lowest BCUT2D eigenvalue weighted by molar-refractivity contribution is 0.272. The maximum atomic E-state index is 12.9. The van der Waals surface area contributed by atoms with Gasteiger partial charge in [0.1, 0.15) is 0 Å². The molecule has 0 unspecified atom stereocenters. The second-order valence-corrected chi connectivity index (χ2v) is 10.0. The Morgan fingerprint density at radius 2 is 1.83 bits per heavy atom. The molecule has 3 nitrogen and oxygen atoms in total. The van der Waals surface area contributed by atoms with Gasteiger partial charge in [-0.05, 0) is 65.1 Å². The van der Waals surface area contributed by atoms with Gasteiger partial charge in [-0.25, -0.2) is 8.42 Å². The predicted molar refractivity (Wildman–Crippen MR) is 101 cm³/mol. The Bertz CT molecular complexity index is 675. The summed E-state index contributed by atoms with van der Waals surface area (Å²) in [6.07, 6.45) is 3.87. The van der Waals surface area contributed by atoms with E-state index in [0.717, 1.165) is 38.9 Å². The van der Waals surface area contributed by atoms with E-state index >= 15 is 0 Å². The molecule has 0 fully saturated rings. The summed E-state index contributed by atoms with van der Waals surface area (Å²) < 4.78 is 25.0. The Morgan fingerprint density at radius 3 is 2.46 bits per heavy atom. The van der Waals surface area contributed by atoms with Gasteiger partial charge in [-0.15, -0.1) is 0 Å². The molecule has 1 aromatic rings. The number of rotatable bonds is 7. The van der Waals surface area contributed by atoms with E-state index in [1.54, 1.807) is 35.4 Å². The van der Waals surface area contributed by atoms with Crippen LogP contribution in [0, 0.1) is 0 Å². The molecule has 0 amide bonds. The van der Waals surface area contributed by atoms with Crippen molar-refractivity contribution in [3.8, 4) is 0 Å². The summed E-state index contributed by atoms with van der Waals surface area (Å²) in [4.78, 5) is 2.90. The predicted octanol–water partition coefficient (Wildman–Crippen LogP) is 4.45. The molecule has 0 saturated carbocycles. The second kappa shape index (κ2) is 7.83. The zero-order valence-corrected chi connectivity index (χ0v) is 16.3. The van der Waals surface area contributed by atoms with Crippen LogP contribution in [0.2, 0.25) is 0 Å². The third-order valence-electron chi connectivity index (χ3n) is 5.28. The third-order valence-corrected chi connectivity index (χ3v) is 7.83. The standard InChI is InChI=1S/C20H31NO2S/c1-5-18-16-21(15-12-17(18)2)14-9-13-20(3,4)24(22,23)19-10-7-6-8-11-19/h6-8,10-11H,5,9,12-16H2,1-4H3. The highest BCUT2D eigenvalue weighted by molar-refractivity contribution is 7.92. The van der Waals surface area contributed by atoms with Gasteiger partial charge in [-0.2, -0.15) is 0 Å². The van der Waals surface area contributed by atoms with Gasteiger partial charge in [0, 0.05) is 13.1 Å². The van der Waals surface area contributed by atoms with Crippen molar-refractivity contribution in [3.05, 3.63) is 41.5 Å². The molecule has 1 aliphatic rings. The second-order valence-electron chi connectivity index (χ2n) is 7.44. The first-order chi connectivity index (χ1) is 11.3. The average Bonchev–Trinajstić information content (AvgIpc) is 2.57. The minimum Gasteiger partial charge on any atom is -0.299 e. The fourth-order valence-corrected chi connectivity index (χ4v) is 4.94. The molecule has 0 radical (unpaired) electrons. The number of hydrogen-bond donors (Lipinski definition) is 0. The number of nitrogens with zero attached hydrogens (tertiary/aromatic N) is 1. The summed E-state index contributed by atoms with van der Waals surface area (Å²) >= 11 is 0. The lowest BCUT2D eigenvalue weighted by Gasteiger charge is -2.31. The molecule has 2 rings (SSSR count). The highest BCUT2D eigenvalue weighted by Crippen LogP contribution is 2.30. The normalized spacial score (nSPS) is 17.3. The van der Waals surface area contributed by atoms with Crippen molar-refractivity contribution in [2.24, 2.45) is 0 Å². The largest absolute Gasteiger partial charge is 0.299 e. The van der Waals surface area contributed by atoms with Crippen molar-refractivity contribution >= 4 is 9.84 Å². The first-order valence-corrected chi connectivity index (χ1v) is 10.5. The molecule has 24 heavy (non-hydrogen) atoms. The van der Waals surface area contributed by atoms with Gasteiger partial charge in [0.15, 0.2) is 9.84 Å². The first-order valence-electron chi connectivity index (χ1n) is 8.97. The van der Waals surface area contributed by atoms with Gasteiger partial charge < -0.3 is 0 Å². The Hall–Kier alpha value is -1.13. The quantitative estimate of drug-likeness (QED) is 0.682. The Labute approximate surface area is 147 Å². The molecule has 0 bridgehead atoms. The highest BCUT2D eigenvalue weighted by atomic mass is 32.2. The van der Waals surface area contributed by atoms with Crippen LogP contribution in [0.5, 0.6) is 0 Å². The zero-order chi connectivity index (χ0) is 17.8. The van der Waals surface area contributed by atoms with Crippen LogP contribution in [0.4, 0.5) is 0 Å². The SMILES string of the molecule is CCC1=C(C)CCN(CCCC(C)(C)S(=O)(=O)c2ccccc2)C1. The van der Waals surface area contributed by atoms with Gasteiger partial charge in [0.05, 0.1) is 9.64 Å². The molecule has 0 atom stereocenters. The maximum absolute atomic E-state index is 12.9. The zero-order valence-electron chi connectivity index (χ0n) is 15.5. The van der Waals surface area contributed by atoms with Gasteiger partial charge in [-0.3, -0.25) is 4.90 Å². The molecular weight excluding hydrogens is 318 g/mol. The van der Waals surface area contributed by atoms with E-state index in [2.05, 4.69) is 18.7 Å². The maximum Gasteiger partial charge on any atom is 0.183 e. The minimum absolute atomic E-state index is 0.430. The summed E-state index contributed by atoms with van der Waals surface area (Å²) in [6.45, 7) is 11.3. The first kappa shape index (κ1) is 19.2. The van der Waals surface area contributed by atoms with Crippen LogP contribution in [0.15, 0.2) is 46.4 Å².